The van der Waals surface area contributed by atoms with Crippen molar-refractivity contribution in [2.24, 2.45) is 22.7 Å². The van der Waals surface area contributed by atoms with Gasteiger partial charge >= 0.3 is 29.8 Å². The zero-order valence-corrected chi connectivity index (χ0v) is 28.5. The van der Waals surface area contributed by atoms with Crippen LogP contribution in [0.25, 0.3) is 6.08 Å². The summed E-state index contributed by atoms with van der Waals surface area (Å²) in [5.41, 5.74) is 0.796. The van der Waals surface area contributed by atoms with Crippen LogP contribution in [0.15, 0.2) is 59.7 Å². The summed E-state index contributed by atoms with van der Waals surface area (Å²) in [6.45, 7) is 17.2. The van der Waals surface area contributed by atoms with Gasteiger partial charge in [-0.25, -0.2) is 4.79 Å². The van der Waals surface area contributed by atoms with Crippen molar-refractivity contribution in [1.29, 1.82) is 0 Å². The van der Waals surface area contributed by atoms with Gasteiger partial charge in [-0.05, 0) is 60.0 Å². The minimum atomic E-state index is -1.07. The first-order valence-electron chi connectivity index (χ1n) is 16.0. The largest absolute Gasteiger partial charge is 0.462 e. The molecule has 0 spiro atoms. The van der Waals surface area contributed by atoms with Crippen LogP contribution in [0.2, 0.25) is 0 Å². The van der Waals surface area contributed by atoms with Crippen LogP contribution in [0, 0.1) is 22.7 Å². The van der Waals surface area contributed by atoms with E-state index in [1.54, 1.807) is 6.08 Å². The van der Waals surface area contributed by atoms with Gasteiger partial charge in [0.1, 0.15) is 24.4 Å². The average molecular weight is 651 g/mol. The number of rotatable bonds is 7. The Balaban J connectivity index is 1.95. The molecule has 2 saturated carbocycles. The standard InChI is InChI=1S/C37H46O10/c1-20-28(43-22(3)38)17-18-37(9)32(20)33(44-23(4)39)27-19-29(47-30(42)16-15-26-13-11-10-12-14-26)21(2)31(36(27,7)8)34(45-24(5)40)35(37)46-25(6)41/h10-16,27-29,32-35H,1,17-19H2,2-9H3. The van der Waals surface area contributed by atoms with Crippen LogP contribution in [0.5, 0.6) is 0 Å². The summed E-state index contributed by atoms with van der Waals surface area (Å²) in [4.78, 5) is 63.8. The molecule has 10 nitrogen and oxygen atoms in total. The topological polar surface area (TPSA) is 132 Å². The molecule has 4 rings (SSSR count). The fourth-order valence-electron chi connectivity index (χ4n) is 8.16. The van der Waals surface area contributed by atoms with Crippen molar-refractivity contribution in [1.82, 2.24) is 0 Å². The Bertz CT molecular complexity index is 1490. The molecule has 0 saturated heterocycles. The molecule has 0 aliphatic heterocycles. The maximum absolute atomic E-state index is 13.2. The first kappa shape index (κ1) is 35.6. The molecule has 0 amide bonds. The zero-order valence-electron chi connectivity index (χ0n) is 28.5. The van der Waals surface area contributed by atoms with E-state index in [1.165, 1.54) is 33.8 Å². The highest BCUT2D eigenvalue weighted by Crippen LogP contribution is 2.61. The van der Waals surface area contributed by atoms with Gasteiger partial charge in [0.05, 0.1) is 0 Å². The lowest BCUT2D eigenvalue weighted by Gasteiger charge is -2.60. The van der Waals surface area contributed by atoms with Crippen molar-refractivity contribution in [2.45, 2.75) is 105 Å². The van der Waals surface area contributed by atoms with Gasteiger partial charge < -0.3 is 23.7 Å². The van der Waals surface area contributed by atoms with Crippen LogP contribution < -0.4 is 0 Å². The van der Waals surface area contributed by atoms with Gasteiger partial charge in [-0.2, -0.15) is 0 Å². The molecule has 1 aromatic carbocycles. The van der Waals surface area contributed by atoms with Crippen molar-refractivity contribution in [2.75, 3.05) is 0 Å². The maximum atomic E-state index is 13.2. The molecule has 47 heavy (non-hydrogen) atoms. The van der Waals surface area contributed by atoms with Crippen LogP contribution in [0.1, 0.15) is 80.2 Å². The third kappa shape index (κ3) is 7.36. The number of hydrogen-bond acceptors (Lipinski definition) is 10. The second-order valence-corrected chi connectivity index (χ2v) is 13.7. The molecular weight excluding hydrogens is 604 g/mol. The molecule has 2 fully saturated rings. The third-order valence-electron chi connectivity index (χ3n) is 10.1. The normalized spacial score (nSPS) is 31.5. The first-order valence-corrected chi connectivity index (χ1v) is 16.0. The summed E-state index contributed by atoms with van der Waals surface area (Å²) in [6, 6.07) is 9.32. The molecule has 8 atom stereocenters. The van der Waals surface area contributed by atoms with Crippen LogP contribution in [0.4, 0.5) is 0 Å². The van der Waals surface area contributed by atoms with Gasteiger partial charge in [-0.1, -0.05) is 57.7 Å². The smallest absolute Gasteiger partial charge is 0.331 e. The van der Waals surface area contributed by atoms with Gasteiger partial charge in [-0.15, -0.1) is 0 Å². The van der Waals surface area contributed by atoms with Crippen molar-refractivity contribution in [3.63, 3.8) is 0 Å². The summed E-state index contributed by atoms with van der Waals surface area (Å²) in [5, 5.41) is 0. The van der Waals surface area contributed by atoms with Crippen molar-refractivity contribution in [3.8, 4) is 0 Å². The van der Waals surface area contributed by atoms with E-state index >= 15 is 0 Å². The number of ether oxygens (including phenoxy) is 5. The summed E-state index contributed by atoms with van der Waals surface area (Å²) < 4.78 is 30.2. The highest BCUT2D eigenvalue weighted by Gasteiger charge is 2.64. The number of carbonyl (C=O) groups excluding carboxylic acids is 5. The molecule has 254 valence electrons. The van der Waals surface area contributed by atoms with Crippen molar-refractivity contribution >= 4 is 35.9 Å². The van der Waals surface area contributed by atoms with E-state index in [9.17, 15) is 24.0 Å². The minimum absolute atomic E-state index is 0.272. The zero-order chi connectivity index (χ0) is 34.8. The van der Waals surface area contributed by atoms with Gasteiger partial charge in [-0.3, -0.25) is 19.2 Å². The first-order chi connectivity index (χ1) is 22.0. The molecule has 0 N–H and O–H groups in total. The van der Waals surface area contributed by atoms with Gasteiger partial charge in [0, 0.05) is 51.0 Å². The van der Waals surface area contributed by atoms with Gasteiger partial charge in [0.15, 0.2) is 6.10 Å². The summed E-state index contributed by atoms with van der Waals surface area (Å²) in [6.07, 6.45) is -0.466. The van der Waals surface area contributed by atoms with Crippen LogP contribution in [0.3, 0.4) is 0 Å². The van der Waals surface area contributed by atoms with Crippen LogP contribution in [-0.2, 0) is 47.7 Å². The molecule has 3 aliphatic carbocycles. The van der Waals surface area contributed by atoms with E-state index in [0.717, 1.165) is 5.56 Å². The molecule has 2 bridgehead atoms. The van der Waals surface area contributed by atoms with E-state index in [0.29, 0.717) is 29.6 Å². The lowest BCUT2D eigenvalue weighted by Crippen LogP contribution is -2.64. The molecule has 3 aliphatic rings. The van der Waals surface area contributed by atoms with E-state index in [2.05, 4.69) is 6.58 Å². The molecule has 0 heterocycles. The highest BCUT2D eigenvalue weighted by molar-refractivity contribution is 5.87. The average Bonchev–Trinajstić information content (AvgIpc) is 2.96. The molecule has 10 heteroatoms. The van der Waals surface area contributed by atoms with Crippen molar-refractivity contribution < 1.29 is 47.7 Å². The Hall–Kier alpha value is -4.21. The van der Waals surface area contributed by atoms with E-state index in [-0.39, 0.29) is 6.42 Å². The maximum Gasteiger partial charge on any atom is 0.331 e. The quantitative estimate of drug-likeness (QED) is 0.157. The van der Waals surface area contributed by atoms with Gasteiger partial charge in [0.25, 0.3) is 0 Å². The predicted octanol–water partition coefficient (Wildman–Crippen LogP) is 5.69. The predicted molar refractivity (Wildman–Crippen MR) is 172 cm³/mol. The lowest BCUT2D eigenvalue weighted by molar-refractivity contribution is -0.205. The molecule has 1 aromatic rings. The number of fused-ring (bicyclic) bond motifs is 3. The Morgan fingerprint density at radius 2 is 1.40 bits per heavy atom. The van der Waals surface area contributed by atoms with E-state index in [4.69, 9.17) is 23.7 Å². The molecule has 8 unspecified atom stereocenters. The van der Waals surface area contributed by atoms with E-state index in [1.807, 2.05) is 58.0 Å². The molecule has 0 aromatic heterocycles. The third-order valence-corrected chi connectivity index (χ3v) is 10.1. The second-order valence-electron chi connectivity index (χ2n) is 13.7. The number of carbonyl (C=O) groups is 5. The van der Waals surface area contributed by atoms with Crippen LogP contribution >= 0.6 is 0 Å². The van der Waals surface area contributed by atoms with Gasteiger partial charge in [0.2, 0.25) is 0 Å². The van der Waals surface area contributed by atoms with E-state index < -0.39 is 83.0 Å². The Morgan fingerprint density at radius 3 is 1.98 bits per heavy atom. The summed E-state index contributed by atoms with van der Waals surface area (Å²) in [5.74, 6) is -3.99. The Labute approximate surface area is 276 Å². The monoisotopic (exact) mass is 650 g/mol. The molecule has 0 radical (unpaired) electrons. The fraction of sp³-hybridized carbons (Fsp3) is 0.541. The lowest BCUT2D eigenvalue weighted by atomic mass is 9.49. The SMILES string of the molecule is C=C1C(OC(C)=O)CCC2(C)C(OC(C)=O)C(OC(C)=O)C3=C(C)C(OC(=O)C=Cc4ccccc4)CC(C(OC(C)=O)C12)C3(C)C. The second kappa shape index (κ2) is 13.9. The number of esters is 5. The van der Waals surface area contributed by atoms with Crippen LogP contribution in [-0.4, -0.2) is 60.4 Å². The number of benzene rings is 1. The van der Waals surface area contributed by atoms with Crippen molar-refractivity contribution in [3.05, 3.63) is 65.3 Å². The number of hydrogen-bond donors (Lipinski definition) is 0. The summed E-state index contributed by atoms with van der Waals surface area (Å²) in [7, 11) is 0. The Morgan fingerprint density at radius 1 is 0.809 bits per heavy atom. The molecular formula is C37H46O10. The minimum Gasteiger partial charge on any atom is -0.462 e. The highest BCUT2D eigenvalue weighted by atomic mass is 16.6. The fourth-order valence-corrected chi connectivity index (χ4v) is 8.16. The summed E-state index contributed by atoms with van der Waals surface area (Å²) >= 11 is 0. The Kier molecular flexibility index (Phi) is 10.5.